The summed E-state index contributed by atoms with van der Waals surface area (Å²) in [5.74, 6) is -0.903. The summed E-state index contributed by atoms with van der Waals surface area (Å²) in [5.41, 5.74) is 2.03. The molecule has 1 aliphatic rings. The van der Waals surface area contributed by atoms with Crippen LogP contribution in [0.1, 0.15) is 24.0 Å². The van der Waals surface area contributed by atoms with E-state index in [9.17, 15) is 4.79 Å². The molecule has 1 aliphatic carbocycles. The molecule has 0 bridgehead atoms. The molecule has 2 atom stereocenters. The van der Waals surface area contributed by atoms with Crippen LogP contribution in [0.2, 0.25) is 0 Å². The van der Waals surface area contributed by atoms with Gasteiger partial charge in [0.15, 0.2) is 0 Å². The molecule has 3 heteroatoms. The summed E-state index contributed by atoms with van der Waals surface area (Å²) in [6.45, 7) is 1.97. The van der Waals surface area contributed by atoms with Crippen LogP contribution in [0.15, 0.2) is 18.5 Å². The number of hydrogen-bond donors (Lipinski definition) is 1. The summed E-state index contributed by atoms with van der Waals surface area (Å²) in [7, 11) is 0. The van der Waals surface area contributed by atoms with E-state index in [0.29, 0.717) is 0 Å². The fraction of sp³-hybridized carbons (Fsp3) is 0.400. The molecule has 0 fully saturated rings. The predicted octanol–water partition coefficient (Wildman–Crippen LogP) is 1.44. The van der Waals surface area contributed by atoms with Crippen molar-refractivity contribution >= 4 is 5.97 Å². The Hall–Kier alpha value is -1.38. The van der Waals surface area contributed by atoms with Crippen LogP contribution < -0.4 is 0 Å². The van der Waals surface area contributed by atoms with Crippen molar-refractivity contribution in [2.24, 2.45) is 5.92 Å². The molecular weight excluding hydrogens is 166 g/mol. The second-order valence-electron chi connectivity index (χ2n) is 3.57. The van der Waals surface area contributed by atoms with Crippen LogP contribution in [0, 0.1) is 5.92 Å². The second-order valence-corrected chi connectivity index (χ2v) is 3.57. The molecule has 0 radical (unpaired) electrons. The summed E-state index contributed by atoms with van der Waals surface area (Å²) < 4.78 is 0. The van der Waals surface area contributed by atoms with E-state index in [2.05, 4.69) is 4.98 Å². The molecule has 1 N–H and O–H groups in total. The Bertz CT molecular complexity index is 349. The van der Waals surface area contributed by atoms with Gasteiger partial charge in [-0.1, -0.05) is 6.92 Å². The van der Waals surface area contributed by atoms with Gasteiger partial charge in [-0.2, -0.15) is 0 Å². The van der Waals surface area contributed by atoms with Gasteiger partial charge < -0.3 is 5.11 Å². The van der Waals surface area contributed by atoms with Gasteiger partial charge in [-0.3, -0.25) is 9.78 Å². The van der Waals surface area contributed by atoms with E-state index in [1.807, 2.05) is 13.0 Å². The van der Waals surface area contributed by atoms with E-state index < -0.39 is 5.97 Å². The lowest BCUT2D eigenvalue weighted by Crippen LogP contribution is -2.14. The molecule has 2 rings (SSSR count). The average Bonchev–Trinajstić information content (AvgIpc) is 2.39. The van der Waals surface area contributed by atoms with E-state index in [0.717, 1.165) is 17.5 Å². The van der Waals surface area contributed by atoms with E-state index in [4.69, 9.17) is 5.11 Å². The Morgan fingerprint density at radius 1 is 1.69 bits per heavy atom. The minimum Gasteiger partial charge on any atom is -0.481 e. The molecule has 0 saturated heterocycles. The minimum absolute atomic E-state index is 0.191. The van der Waals surface area contributed by atoms with E-state index in [1.54, 1.807) is 12.4 Å². The molecule has 1 heterocycles. The molecule has 2 unspecified atom stereocenters. The van der Waals surface area contributed by atoms with Crippen LogP contribution in [0.4, 0.5) is 0 Å². The zero-order valence-electron chi connectivity index (χ0n) is 7.40. The van der Waals surface area contributed by atoms with E-state index >= 15 is 0 Å². The van der Waals surface area contributed by atoms with Crippen LogP contribution in [0.3, 0.4) is 0 Å². The van der Waals surface area contributed by atoms with Crippen molar-refractivity contribution in [3.05, 3.63) is 29.6 Å². The van der Waals surface area contributed by atoms with Crippen molar-refractivity contribution in [2.75, 3.05) is 0 Å². The quantitative estimate of drug-likeness (QED) is 0.706. The number of carbonyl (C=O) groups is 1. The number of carboxylic acid groups (broad SMARTS) is 1. The molecule has 3 nitrogen and oxygen atoms in total. The monoisotopic (exact) mass is 177 g/mol. The van der Waals surface area contributed by atoms with Gasteiger partial charge in [0.25, 0.3) is 0 Å². The van der Waals surface area contributed by atoms with Crippen LogP contribution in [0.25, 0.3) is 0 Å². The third-order valence-electron chi connectivity index (χ3n) is 2.66. The molecular formula is C10H11NO2. The van der Waals surface area contributed by atoms with Crippen molar-refractivity contribution in [2.45, 2.75) is 19.3 Å². The Morgan fingerprint density at radius 2 is 2.46 bits per heavy atom. The van der Waals surface area contributed by atoms with Crippen LogP contribution in [-0.2, 0) is 11.2 Å². The van der Waals surface area contributed by atoms with Crippen molar-refractivity contribution in [3.63, 3.8) is 0 Å². The van der Waals surface area contributed by atoms with Gasteiger partial charge in [-0.15, -0.1) is 0 Å². The van der Waals surface area contributed by atoms with Gasteiger partial charge in [0.2, 0.25) is 0 Å². The minimum atomic E-state index is -0.737. The lowest BCUT2D eigenvalue weighted by molar-refractivity contribution is -0.139. The zero-order valence-corrected chi connectivity index (χ0v) is 7.40. The number of aromatic nitrogens is 1. The number of rotatable bonds is 1. The summed E-state index contributed by atoms with van der Waals surface area (Å²) in [4.78, 5) is 14.9. The third-order valence-corrected chi connectivity index (χ3v) is 2.66. The van der Waals surface area contributed by atoms with Gasteiger partial charge in [0, 0.05) is 12.4 Å². The first-order valence-corrected chi connectivity index (χ1v) is 4.35. The van der Waals surface area contributed by atoms with Crippen molar-refractivity contribution < 1.29 is 9.90 Å². The highest BCUT2D eigenvalue weighted by atomic mass is 16.4. The molecule has 0 saturated carbocycles. The smallest absolute Gasteiger partial charge is 0.311 e. The highest BCUT2D eigenvalue weighted by Gasteiger charge is 2.34. The maximum Gasteiger partial charge on any atom is 0.311 e. The highest BCUT2D eigenvalue weighted by Crippen LogP contribution is 2.36. The number of hydrogen-bond acceptors (Lipinski definition) is 2. The molecule has 1 aromatic rings. The molecule has 0 spiro atoms. The Morgan fingerprint density at radius 3 is 3.15 bits per heavy atom. The maximum absolute atomic E-state index is 10.9. The van der Waals surface area contributed by atoms with Gasteiger partial charge in [-0.25, -0.2) is 0 Å². The fourth-order valence-electron chi connectivity index (χ4n) is 2.05. The summed E-state index contributed by atoms with van der Waals surface area (Å²) in [6.07, 6.45) is 4.25. The van der Waals surface area contributed by atoms with Crippen LogP contribution in [0.5, 0.6) is 0 Å². The van der Waals surface area contributed by atoms with E-state index in [-0.39, 0.29) is 11.8 Å². The summed E-state index contributed by atoms with van der Waals surface area (Å²) in [5, 5.41) is 9.00. The first kappa shape index (κ1) is 8.23. The third kappa shape index (κ3) is 1.20. The SMILES string of the molecule is CC1Cc2ccncc2C1C(=O)O. The summed E-state index contributed by atoms with van der Waals surface area (Å²) >= 11 is 0. The van der Waals surface area contributed by atoms with Crippen molar-refractivity contribution in [1.29, 1.82) is 0 Å². The summed E-state index contributed by atoms with van der Waals surface area (Å²) in [6, 6.07) is 1.91. The number of aliphatic carboxylic acids is 1. The molecule has 1 aromatic heterocycles. The van der Waals surface area contributed by atoms with Crippen LogP contribution >= 0.6 is 0 Å². The van der Waals surface area contributed by atoms with Gasteiger partial charge >= 0.3 is 5.97 Å². The Labute approximate surface area is 76.4 Å². The standard InChI is InChI=1S/C10H11NO2/c1-6-4-7-2-3-11-5-8(7)9(6)10(12)13/h2-3,5-6,9H,4H2,1H3,(H,12,13). The highest BCUT2D eigenvalue weighted by molar-refractivity contribution is 5.78. The Balaban J connectivity index is 2.46. The molecule has 68 valence electrons. The topological polar surface area (TPSA) is 50.2 Å². The number of nitrogens with zero attached hydrogens (tertiary/aromatic N) is 1. The maximum atomic E-state index is 10.9. The van der Waals surface area contributed by atoms with E-state index in [1.165, 1.54) is 0 Å². The lowest BCUT2D eigenvalue weighted by Gasteiger charge is -2.09. The molecule has 0 aliphatic heterocycles. The van der Waals surface area contributed by atoms with Crippen molar-refractivity contribution in [3.8, 4) is 0 Å². The largest absolute Gasteiger partial charge is 0.481 e. The van der Waals surface area contributed by atoms with Gasteiger partial charge in [-0.05, 0) is 29.5 Å². The first-order valence-electron chi connectivity index (χ1n) is 4.35. The Kier molecular flexibility index (Phi) is 1.79. The first-order chi connectivity index (χ1) is 6.20. The van der Waals surface area contributed by atoms with Gasteiger partial charge in [0.1, 0.15) is 0 Å². The molecule has 13 heavy (non-hydrogen) atoms. The average molecular weight is 177 g/mol. The van der Waals surface area contributed by atoms with Crippen LogP contribution in [-0.4, -0.2) is 16.1 Å². The number of fused-ring (bicyclic) bond motifs is 1. The normalized spacial score (nSPS) is 25.6. The molecule has 0 aromatic carbocycles. The predicted molar refractivity (Wildman–Crippen MR) is 47.5 cm³/mol. The van der Waals surface area contributed by atoms with Gasteiger partial charge in [0.05, 0.1) is 5.92 Å². The second kappa shape index (κ2) is 2.83. The number of pyridine rings is 1. The fourth-order valence-corrected chi connectivity index (χ4v) is 2.05. The molecule has 0 amide bonds. The zero-order chi connectivity index (χ0) is 9.42. The lowest BCUT2D eigenvalue weighted by atomic mass is 9.95. The van der Waals surface area contributed by atoms with Crippen molar-refractivity contribution in [1.82, 2.24) is 4.98 Å². The number of carboxylic acids is 1.